The highest BCUT2D eigenvalue weighted by molar-refractivity contribution is 6.74. The van der Waals surface area contributed by atoms with Crippen LogP contribution in [0.4, 0.5) is 11.9 Å². The fraction of sp³-hybridized carbons (Fsp3) is 0.625. The van der Waals surface area contributed by atoms with Crippen LogP contribution in [0.1, 0.15) is 145 Å². The SMILES string of the molecule is C[C@H](C(=O)Nc1nc2ccc(C#N)cc2n1C1CCC1)C(C)(C)O[Si](C)(C)C(C)(C)C.C[C@H](C(=O)O)C(C)(C)O[Si](C)(C)C(C)(C)C.N#Cc1ccc2nc(N)n(C3CCC3)c2c1. The number of carbonyl (C=O) groups is 2. The van der Waals surface area contributed by atoms with Gasteiger partial charge in [-0.25, -0.2) is 9.97 Å². The molecule has 2 aliphatic carbocycles. The standard InChI is InChI=1S/C24H36N4O2Si.C12H12N4.C12H26O3Si/c1-16(24(5,6)30-31(7,8)23(2,3)4)21(29)27-22-26-19-13-12-17(15-25)14-20(19)28(22)18-10-9-11-18;13-7-8-4-5-10-11(6-8)16(12(14)15-10)9-2-1-3-9;1-9(10(13)14)12(5,6)15-16(7,8)11(2,3)4/h12-14,16,18H,9-11H2,1-8H3,(H,26,27,29);4-6,9H,1-3H2,(H2,14,15);9H,1-8H3,(H,13,14)/t16-;;9-/m1.1/s1. The van der Waals surface area contributed by atoms with Gasteiger partial charge in [0.25, 0.3) is 0 Å². The number of nitrogens with zero attached hydrogens (tertiary/aromatic N) is 6. The Bertz CT molecular complexity index is 2360. The molecular formula is C48H74N8O5Si2. The van der Waals surface area contributed by atoms with Gasteiger partial charge in [0.2, 0.25) is 17.8 Å². The first-order valence-electron chi connectivity index (χ1n) is 22.4. The molecule has 15 heteroatoms. The van der Waals surface area contributed by atoms with Crippen molar-refractivity contribution in [3.05, 3.63) is 47.5 Å². The zero-order valence-corrected chi connectivity index (χ0v) is 42.9. The number of nitrogens with one attached hydrogen (secondary N) is 1. The number of imidazole rings is 2. The number of anilines is 2. The number of carboxylic acids is 1. The third-order valence-electron chi connectivity index (χ3n) is 14.3. The number of nitriles is 2. The summed E-state index contributed by atoms with van der Waals surface area (Å²) in [5, 5.41) is 30.5. The average Bonchev–Trinajstić information content (AvgIpc) is 3.63. The molecule has 4 aromatic rings. The Kier molecular flexibility index (Phi) is 15.3. The Balaban J connectivity index is 0.000000229. The van der Waals surface area contributed by atoms with Gasteiger partial charge in [-0.1, -0.05) is 48.5 Å². The van der Waals surface area contributed by atoms with Crippen molar-refractivity contribution < 1.29 is 23.5 Å². The van der Waals surface area contributed by atoms with E-state index in [2.05, 4.69) is 99.3 Å². The Labute approximate surface area is 378 Å². The van der Waals surface area contributed by atoms with E-state index in [-0.39, 0.29) is 21.9 Å². The summed E-state index contributed by atoms with van der Waals surface area (Å²) in [6.07, 6.45) is 6.85. The van der Waals surface area contributed by atoms with Crippen molar-refractivity contribution in [3.8, 4) is 12.1 Å². The molecule has 6 rings (SSSR count). The molecule has 0 unspecified atom stereocenters. The maximum absolute atomic E-state index is 13.3. The third kappa shape index (κ3) is 11.6. The molecule has 2 aromatic heterocycles. The highest BCUT2D eigenvalue weighted by atomic mass is 28.4. The normalized spacial score (nSPS) is 16.3. The van der Waals surface area contributed by atoms with Crippen LogP contribution in [0.15, 0.2) is 36.4 Å². The van der Waals surface area contributed by atoms with Crippen molar-refractivity contribution in [2.24, 2.45) is 11.8 Å². The van der Waals surface area contributed by atoms with Crippen LogP contribution >= 0.6 is 0 Å². The molecule has 2 aromatic carbocycles. The molecule has 0 aliphatic heterocycles. The summed E-state index contributed by atoms with van der Waals surface area (Å²) in [5.74, 6) is -0.624. The number of hydrogen-bond donors (Lipinski definition) is 3. The molecule has 344 valence electrons. The lowest BCUT2D eigenvalue weighted by molar-refractivity contribution is -0.147. The number of amides is 1. The number of aliphatic carboxylic acids is 1. The minimum Gasteiger partial charge on any atom is -0.481 e. The Hall–Kier alpha value is -4.55. The minimum absolute atomic E-state index is 0.0666. The molecule has 2 atom stereocenters. The topological polar surface area (TPSA) is 194 Å². The third-order valence-corrected chi connectivity index (χ3v) is 23.6. The summed E-state index contributed by atoms with van der Waals surface area (Å²) >= 11 is 0. The lowest BCUT2D eigenvalue weighted by atomic mass is 9.92. The maximum Gasteiger partial charge on any atom is 0.309 e. The van der Waals surface area contributed by atoms with Crippen molar-refractivity contribution in [2.45, 2.75) is 181 Å². The monoisotopic (exact) mass is 899 g/mol. The van der Waals surface area contributed by atoms with Crippen LogP contribution in [-0.2, 0) is 18.4 Å². The summed E-state index contributed by atoms with van der Waals surface area (Å²) in [5.41, 5.74) is 9.53. The summed E-state index contributed by atoms with van der Waals surface area (Å²) in [6.45, 7) is 33.2. The Morgan fingerprint density at radius 1 is 0.730 bits per heavy atom. The van der Waals surface area contributed by atoms with Crippen LogP contribution in [0, 0.1) is 34.5 Å². The molecular weight excluding hydrogens is 825 g/mol. The molecule has 63 heavy (non-hydrogen) atoms. The van der Waals surface area contributed by atoms with Gasteiger partial charge in [0.15, 0.2) is 16.6 Å². The average molecular weight is 899 g/mol. The minimum atomic E-state index is -2.03. The second-order valence-corrected chi connectivity index (χ2v) is 31.1. The van der Waals surface area contributed by atoms with Gasteiger partial charge in [-0.05, 0) is 146 Å². The summed E-state index contributed by atoms with van der Waals surface area (Å²) in [7, 11) is -3.95. The van der Waals surface area contributed by atoms with Gasteiger partial charge in [-0.15, -0.1) is 0 Å². The van der Waals surface area contributed by atoms with Crippen LogP contribution in [-0.4, -0.2) is 63.9 Å². The van der Waals surface area contributed by atoms with Crippen LogP contribution in [0.5, 0.6) is 0 Å². The highest BCUT2D eigenvalue weighted by Gasteiger charge is 2.46. The van der Waals surface area contributed by atoms with Crippen molar-refractivity contribution in [1.82, 2.24) is 19.1 Å². The lowest BCUT2D eigenvalue weighted by Crippen LogP contribution is -2.52. The Morgan fingerprint density at radius 2 is 1.13 bits per heavy atom. The van der Waals surface area contributed by atoms with Crippen LogP contribution < -0.4 is 11.1 Å². The van der Waals surface area contributed by atoms with Crippen LogP contribution in [0.3, 0.4) is 0 Å². The zero-order valence-electron chi connectivity index (χ0n) is 40.9. The number of carbonyl (C=O) groups excluding carboxylic acids is 1. The van der Waals surface area contributed by atoms with E-state index in [1.807, 2.05) is 58.9 Å². The van der Waals surface area contributed by atoms with Gasteiger partial charge in [0.05, 0.1) is 68.4 Å². The van der Waals surface area contributed by atoms with Gasteiger partial charge < -0.3 is 28.8 Å². The van der Waals surface area contributed by atoms with E-state index in [4.69, 9.17) is 29.9 Å². The lowest BCUT2D eigenvalue weighted by Gasteiger charge is -2.44. The smallest absolute Gasteiger partial charge is 0.309 e. The molecule has 4 N–H and O–H groups in total. The van der Waals surface area contributed by atoms with Crippen molar-refractivity contribution in [3.63, 3.8) is 0 Å². The Morgan fingerprint density at radius 3 is 1.51 bits per heavy atom. The molecule has 0 spiro atoms. The summed E-state index contributed by atoms with van der Waals surface area (Å²) < 4.78 is 17.0. The first-order valence-corrected chi connectivity index (χ1v) is 28.2. The molecule has 0 radical (unpaired) electrons. The molecule has 13 nitrogen and oxygen atoms in total. The van der Waals surface area contributed by atoms with Crippen LogP contribution in [0.25, 0.3) is 22.1 Å². The molecule has 1 amide bonds. The number of nitrogens with two attached hydrogens (primary N) is 1. The van der Waals surface area contributed by atoms with E-state index >= 15 is 0 Å². The van der Waals surface area contributed by atoms with E-state index < -0.39 is 39.7 Å². The van der Waals surface area contributed by atoms with E-state index in [0.717, 1.165) is 47.8 Å². The van der Waals surface area contributed by atoms with Gasteiger partial charge in [0, 0.05) is 12.1 Å². The van der Waals surface area contributed by atoms with Crippen LogP contribution in [0.2, 0.25) is 36.3 Å². The van der Waals surface area contributed by atoms with E-state index in [9.17, 15) is 14.9 Å². The number of benzene rings is 2. The molecule has 2 fully saturated rings. The predicted octanol–water partition coefficient (Wildman–Crippen LogP) is 11.7. The van der Waals surface area contributed by atoms with Crippen molar-refractivity contribution in [2.75, 3.05) is 11.1 Å². The summed E-state index contributed by atoms with van der Waals surface area (Å²) in [4.78, 5) is 33.3. The highest BCUT2D eigenvalue weighted by Crippen LogP contribution is 2.43. The second kappa shape index (κ2) is 18.9. The maximum atomic E-state index is 13.3. The van der Waals surface area contributed by atoms with Gasteiger partial charge >= 0.3 is 5.97 Å². The molecule has 0 bridgehead atoms. The summed E-state index contributed by atoms with van der Waals surface area (Å²) in [6, 6.07) is 16.1. The van der Waals surface area contributed by atoms with Gasteiger partial charge in [-0.2, -0.15) is 10.5 Å². The van der Waals surface area contributed by atoms with Crippen molar-refractivity contribution >= 4 is 62.5 Å². The first kappa shape index (κ1) is 51.1. The number of carboxylic acid groups (broad SMARTS) is 1. The van der Waals surface area contributed by atoms with Gasteiger partial charge in [-0.3, -0.25) is 14.9 Å². The number of hydrogen-bond acceptors (Lipinski definition) is 9. The fourth-order valence-electron chi connectivity index (χ4n) is 7.10. The fourth-order valence-corrected chi connectivity index (χ4v) is 10.7. The van der Waals surface area contributed by atoms with E-state index in [0.29, 0.717) is 35.1 Å². The first-order chi connectivity index (χ1) is 28.9. The molecule has 2 heterocycles. The zero-order chi connectivity index (χ0) is 47.7. The number of fused-ring (bicyclic) bond motifs is 2. The number of rotatable bonds is 11. The number of aromatic nitrogens is 4. The largest absolute Gasteiger partial charge is 0.481 e. The number of nitrogen functional groups attached to an aromatic ring is 1. The molecule has 2 saturated carbocycles. The van der Waals surface area contributed by atoms with E-state index in [1.54, 1.807) is 19.1 Å². The predicted molar refractivity (Wildman–Crippen MR) is 258 cm³/mol. The molecule has 0 saturated heterocycles. The van der Waals surface area contributed by atoms with Gasteiger partial charge in [0.1, 0.15) is 0 Å². The van der Waals surface area contributed by atoms with E-state index in [1.165, 1.54) is 12.8 Å². The van der Waals surface area contributed by atoms with Crippen molar-refractivity contribution in [1.29, 1.82) is 10.5 Å². The quantitative estimate of drug-likeness (QED) is 0.122. The molecule has 2 aliphatic rings. The second-order valence-electron chi connectivity index (χ2n) is 21.6.